The van der Waals surface area contributed by atoms with Crippen LogP contribution in [0.5, 0.6) is 0 Å². The Hall–Kier alpha value is -1.48. The summed E-state index contributed by atoms with van der Waals surface area (Å²) in [7, 11) is 0. The normalized spacial score (nSPS) is 14.6. The Bertz CT molecular complexity index is 560. The summed E-state index contributed by atoms with van der Waals surface area (Å²) in [5.41, 5.74) is 10.9. The number of halogens is 2. The van der Waals surface area contributed by atoms with E-state index in [1.165, 1.54) is 5.57 Å². The molecule has 0 saturated carbocycles. The summed E-state index contributed by atoms with van der Waals surface area (Å²) in [5.74, 6) is 0. The monoisotopic (exact) mass is 290 g/mol. The van der Waals surface area contributed by atoms with Crippen LogP contribution in [0.2, 0.25) is 10.0 Å². The minimum absolute atomic E-state index is 0.739. The maximum Gasteiger partial charge on any atom is 0.0611 e. The highest BCUT2D eigenvalue weighted by molar-refractivity contribution is 6.30. The summed E-state index contributed by atoms with van der Waals surface area (Å²) in [5, 5.41) is 1.49. The molecule has 0 aliphatic carbocycles. The largest absolute Gasteiger partial charge is 0.320 e. The van der Waals surface area contributed by atoms with Crippen molar-refractivity contribution >= 4 is 34.5 Å². The van der Waals surface area contributed by atoms with E-state index in [-0.39, 0.29) is 0 Å². The third-order valence-electron chi connectivity index (χ3n) is 3.11. The lowest BCUT2D eigenvalue weighted by molar-refractivity contribution is 0.741. The number of nitrogens with one attached hydrogen (secondary N) is 2. The van der Waals surface area contributed by atoms with E-state index in [4.69, 9.17) is 23.2 Å². The number of hydrogen-bond donors (Lipinski definition) is 2. The average molecular weight is 291 g/mol. The molecule has 1 heterocycles. The number of rotatable bonds is 2. The van der Waals surface area contributed by atoms with Gasteiger partial charge in [0.15, 0.2) is 0 Å². The van der Waals surface area contributed by atoms with Crippen LogP contribution in [0.4, 0.5) is 0 Å². The molecule has 19 heavy (non-hydrogen) atoms. The predicted octanol–water partition coefficient (Wildman–Crippen LogP) is 3.97. The Balaban J connectivity index is 2.04. The summed E-state index contributed by atoms with van der Waals surface area (Å²) in [6.07, 6.45) is 0. The second kappa shape index (κ2) is 5.25. The first kappa shape index (κ1) is 12.5. The van der Waals surface area contributed by atoms with Crippen LogP contribution >= 0.6 is 23.2 Å². The van der Waals surface area contributed by atoms with Crippen LogP contribution in [0, 0.1) is 0 Å². The van der Waals surface area contributed by atoms with Gasteiger partial charge in [0, 0.05) is 22.2 Å². The molecule has 2 aromatic rings. The molecular weight excluding hydrogens is 279 g/mol. The van der Waals surface area contributed by atoms with Gasteiger partial charge < -0.3 is 5.43 Å². The average Bonchev–Trinajstić information content (AvgIpc) is 2.90. The molecule has 4 heteroatoms. The van der Waals surface area contributed by atoms with E-state index in [1.807, 2.05) is 48.5 Å². The molecule has 3 rings (SSSR count). The maximum atomic E-state index is 5.93. The molecule has 0 radical (unpaired) electrons. The summed E-state index contributed by atoms with van der Waals surface area (Å²) in [4.78, 5) is 0. The highest BCUT2D eigenvalue weighted by Gasteiger charge is 2.16. The minimum Gasteiger partial charge on any atom is -0.320 e. The Morgan fingerprint density at radius 1 is 0.737 bits per heavy atom. The van der Waals surface area contributed by atoms with Crippen LogP contribution in [0.3, 0.4) is 0 Å². The molecule has 0 aromatic heterocycles. The molecule has 0 amide bonds. The van der Waals surface area contributed by atoms with Gasteiger partial charge in [-0.2, -0.15) is 0 Å². The first-order chi connectivity index (χ1) is 9.24. The summed E-state index contributed by atoms with van der Waals surface area (Å²) in [6, 6.07) is 15.7. The van der Waals surface area contributed by atoms with Crippen LogP contribution in [-0.2, 0) is 0 Å². The Labute approximate surface area is 122 Å². The van der Waals surface area contributed by atoms with E-state index in [0.29, 0.717) is 0 Å². The fourth-order valence-corrected chi connectivity index (χ4v) is 2.40. The van der Waals surface area contributed by atoms with E-state index in [1.54, 1.807) is 0 Å². The fourth-order valence-electron chi connectivity index (χ4n) is 2.15. The van der Waals surface area contributed by atoms with Crippen LogP contribution in [0.15, 0.2) is 48.5 Å². The van der Waals surface area contributed by atoms with Gasteiger partial charge in [-0.15, -0.1) is 0 Å². The van der Waals surface area contributed by atoms with Gasteiger partial charge in [0.2, 0.25) is 0 Å². The van der Waals surface area contributed by atoms with Gasteiger partial charge in [0.25, 0.3) is 0 Å². The highest BCUT2D eigenvalue weighted by Crippen LogP contribution is 2.28. The summed E-state index contributed by atoms with van der Waals surface area (Å²) < 4.78 is 0. The molecule has 0 atom stereocenters. The van der Waals surface area contributed by atoms with Crippen molar-refractivity contribution in [2.75, 3.05) is 6.54 Å². The smallest absolute Gasteiger partial charge is 0.0611 e. The van der Waals surface area contributed by atoms with Crippen LogP contribution in [-0.4, -0.2) is 6.54 Å². The molecule has 96 valence electrons. The van der Waals surface area contributed by atoms with Gasteiger partial charge in [-0.25, -0.2) is 5.43 Å². The summed E-state index contributed by atoms with van der Waals surface area (Å²) in [6.45, 7) is 0.777. The quantitative estimate of drug-likeness (QED) is 0.875. The topological polar surface area (TPSA) is 24.1 Å². The van der Waals surface area contributed by atoms with Gasteiger partial charge in [-0.3, -0.25) is 0 Å². The van der Waals surface area contributed by atoms with Crippen molar-refractivity contribution in [3.05, 3.63) is 69.7 Å². The molecule has 0 fully saturated rings. The fraction of sp³-hybridized carbons (Fsp3) is 0.0667. The second-order valence-electron chi connectivity index (χ2n) is 4.35. The Kier molecular flexibility index (Phi) is 3.47. The molecule has 2 N–H and O–H groups in total. The van der Waals surface area contributed by atoms with Crippen molar-refractivity contribution in [2.45, 2.75) is 0 Å². The molecular formula is C15H12Cl2N2. The zero-order valence-corrected chi connectivity index (χ0v) is 11.6. The van der Waals surface area contributed by atoms with Crippen molar-refractivity contribution in [1.82, 2.24) is 10.9 Å². The van der Waals surface area contributed by atoms with Crippen molar-refractivity contribution in [3.8, 4) is 0 Å². The number of hydrazine groups is 1. The number of hydrogen-bond acceptors (Lipinski definition) is 2. The van der Waals surface area contributed by atoms with Crippen LogP contribution < -0.4 is 10.9 Å². The lowest BCUT2D eigenvalue weighted by Gasteiger charge is -2.07. The third-order valence-corrected chi connectivity index (χ3v) is 3.61. The lowest BCUT2D eigenvalue weighted by Crippen LogP contribution is -2.23. The standard InChI is InChI=1S/C15H12Cl2N2/c16-12-5-1-10(2-6-12)14-9-18-19-15(14)11-3-7-13(17)8-4-11/h1-8,18-19H,9H2. The minimum atomic E-state index is 0.739. The van der Waals surface area contributed by atoms with Crippen molar-refractivity contribution in [3.63, 3.8) is 0 Å². The molecule has 1 aliphatic rings. The first-order valence-corrected chi connectivity index (χ1v) is 6.73. The summed E-state index contributed by atoms with van der Waals surface area (Å²) >= 11 is 11.8. The first-order valence-electron chi connectivity index (χ1n) is 5.98. The number of benzene rings is 2. The highest BCUT2D eigenvalue weighted by atomic mass is 35.5. The molecule has 0 unspecified atom stereocenters. The van der Waals surface area contributed by atoms with Gasteiger partial charge in [0.1, 0.15) is 0 Å². The maximum absolute atomic E-state index is 5.93. The zero-order valence-electron chi connectivity index (χ0n) is 10.1. The third kappa shape index (κ3) is 2.61. The molecule has 0 spiro atoms. The van der Waals surface area contributed by atoms with E-state index in [9.17, 15) is 0 Å². The molecule has 2 nitrogen and oxygen atoms in total. The van der Waals surface area contributed by atoms with Gasteiger partial charge in [-0.1, -0.05) is 47.5 Å². The van der Waals surface area contributed by atoms with Crippen LogP contribution in [0.1, 0.15) is 11.1 Å². The van der Waals surface area contributed by atoms with Gasteiger partial charge >= 0.3 is 0 Å². The van der Waals surface area contributed by atoms with E-state index in [2.05, 4.69) is 10.9 Å². The van der Waals surface area contributed by atoms with Gasteiger partial charge in [-0.05, 0) is 35.4 Å². The van der Waals surface area contributed by atoms with Crippen molar-refractivity contribution < 1.29 is 0 Å². The zero-order chi connectivity index (χ0) is 13.2. The Morgan fingerprint density at radius 2 is 1.26 bits per heavy atom. The Morgan fingerprint density at radius 3 is 1.84 bits per heavy atom. The van der Waals surface area contributed by atoms with Crippen molar-refractivity contribution in [1.29, 1.82) is 0 Å². The molecule has 0 bridgehead atoms. The molecule has 1 aliphatic heterocycles. The van der Waals surface area contributed by atoms with Gasteiger partial charge in [0.05, 0.1) is 5.70 Å². The molecule has 0 saturated heterocycles. The van der Waals surface area contributed by atoms with E-state index in [0.717, 1.165) is 33.4 Å². The van der Waals surface area contributed by atoms with E-state index >= 15 is 0 Å². The van der Waals surface area contributed by atoms with E-state index < -0.39 is 0 Å². The van der Waals surface area contributed by atoms with Crippen LogP contribution in [0.25, 0.3) is 11.3 Å². The lowest BCUT2D eigenvalue weighted by atomic mass is 10.0. The van der Waals surface area contributed by atoms with Crippen molar-refractivity contribution in [2.24, 2.45) is 0 Å². The predicted molar refractivity (Wildman–Crippen MR) is 80.9 cm³/mol. The molecule has 2 aromatic carbocycles. The second-order valence-corrected chi connectivity index (χ2v) is 5.22. The SMILES string of the molecule is Clc1ccc(C2=C(c3ccc(Cl)cc3)NNC2)cc1.